The summed E-state index contributed by atoms with van der Waals surface area (Å²) in [6.07, 6.45) is 0. The summed E-state index contributed by atoms with van der Waals surface area (Å²) in [6.45, 7) is 13.0. The molecule has 19 heavy (non-hydrogen) atoms. The highest BCUT2D eigenvalue weighted by molar-refractivity contribution is 5.50. The number of phenols is 1. The molecule has 1 N–H and O–H groups in total. The number of benzene rings is 1. The summed E-state index contributed by atoms with van der Waals surface area (Å²) in [5, 5.41) is 10.5. The van der Waals surface area contributed by atoms with Crippen molar-refractivity contribution in [1.29, 1.82) is 0 Å². The lowest BCUT2D eigenvalue weighted by Crippen LogP contribution is -2.18. The molecule has 0 bridgehead atoms. The molecule has 0 heterocycles. The van der Waals surface area contributed by atoms with Crippen LogP contribution in [0.2, 0.25) is 0 Å². The van der Waals surface area contributed by atoms with Crippen LogP contribution in [0.25, 0.3) is 0 Å². The Balaban J connectivity index is 3.43. The van der Waals surface area contributed by atoms with Gasteiger partial charge in [-0.05, 0) is 39.7 Å². The van der Waals surface area contributed by atoms with Crippen molar-refractivity contribution < 1.29 is 14.6 Å². The molecule has 0 aromatic heterocycles. The van der Waals surface area contributed by atoms with Crippen LogP contribution in [0.15, 0.2) is 12.1 Å². The molecule has 1 rings (SSSR count). The number of rotatable bonds is 3. The van der Waals surface area contributed by atoms with Crippen LogP contribution in [0.3, 0.4) is 0 Å². The van der Waals surface area contributed by atoms with E-state index in [9.17, 15) is 9.90 Å². The van der Waals surface area contributed by atoms with Crippen LogP contribution in [0.5, 0.6) is 5.75 Å². The minimum absolute atomic E-state index is 0.165. The number of ether oxygens (including phenoxy) is 1. The summed E-state index contributed by atoms with van der Waals surface area (Å²) in [5.41, 5.74) is 2.33. The van der Waals surface area contributed by atoms with Gasteiger partial charge in [0.2, 0.25) is 0 Å². The van der Waals surface area contributed by atoms with Gasteiger partial charge in [0.1, 0.15) is 12.4 Å². The van der Waals surface area contributed by atoms with Gasteiger partial charge < -0.3 is 9.84 Å². The van der Waals surface area contributed by atoms with Crippen molar-refractivity contribution in [3.63, 3.8) is 0 Å². The second kappa shape index (κ2) is 5.24. The van der Waals surface area contributed by atoms with E-state index in [2.05, 4.69) is 41.5 Å². The molecule has 0 spiro atoms. The first kappa shape index (κ1) is 15.5. The third-order valence-electron chi connectivity index (χ3n) is 3.10. The SMILES string of the molecule is CC(C)(C)c1cc(COC=O)cc(C(C)(C)C)c1O. The molecular weight excluding hydrogens is 240 g/mol. The van der Waals surface area contributed by atoms with Gasteiger partial charge in [0.05, 0.1) is 0 Å². The zero-order valence-electron chi connectivity index (χ0n) is 12.7. The summed E-state index contributed by atoms with van der Waals surface area (Å²) in [5.74, 6) is 0.342. The van der Waals surface area contributed by atoms with Crippen LogP contribution in [-0.4, -0.2) is 11.6 Å². The Hall–Kier alpha value is -1.51. The number of hydrogen-bond donors (Lipinski definition) is 1. The lowest BCUT2D eigenvalue weighted by molar-refractivity contribution is -0.129. The van der Waals surface area contributed by atoms with E-state index in [1.807, 2.05) is 12.1 Å². The minimum atomic E-state index is -0.165. The smallest absolute Gasteiger partial charge is 0.293 e. The molecular formula is C16H24O3. The normalized spacial score (nSPS) is 12.3. The van der Waals surface area contributed by atoms with E-state index in [-0.39, 0.29) is 17.4 Å². The number of carbonyl (C=O) groups excluding carboxylic acids is 1. The second-order valence-corrected chi connectivity index (χ2v) is 6.95. The van der Waals surface area contributed by atoms with Gasteiger partial charge in [0, 0.05) is 0 Å². The maximum atomic E-state index is 10.5. The number of carbonyl (C=O) groups is 1. The Kier molecular flexibility index (Phi) is 4.28. The van der Waals surface area contributed by atoms with Gasteiger partial charge in [-0.3, -0.25) is 4.79 Å². The quantitative estimate of drug-likeness (QED) is 0.847. The van der Waals surface area contributed by atoms with E-state index < -0.39 is 0 Å². The Morgan fingerprint density at radius 1 is 1.05 bits per heavy atom. The van der Waals surface area contributed by atoms with E-state index in [4.69, 9.17) is 4.74 Å². The van der Waals surface area contributed by atoms with Crippen molar-refractivity contribution in [3.05, 3.63) is 28.8 Å². The van der Waals surface area contributed by atoms with Gasteiger partial charge in [-0.15, -0.1) is 0 Å². The fraction of sp³-hybridized carbons (Fsp3) is 0.562. The Labute approximate surface area is 115 Å². The van der Waals surface area contributed by atoms with Crippen molar-refractivity contribution in [2.75, 3.05) is 0 Å². The summed E-state index contributed by atoms with van der Waals surface area (Å²) >= 11 is 0. The maximum absolute atomic E-state index is 10.5. The van der Waals surface area contributed by atoms with E-state index in [0.29, 0.717) is 12.2 Å². The Morgan fingerprint density at radius 3 is 1.79 bits per heavy atom. The van der Waals surface area contributed by atoms with Gasteiger partial charge in [0.25, 0.3) is 6.47 Å². The largest absolute Gasteiger partial charge is 0.507 e. The molecule has 3 nitrogen and oxygen atoms in total. The number of hydrogen-bond acceptors (Lipinski definition) is 3. The predicted molar refractivity (Wildman–Crippen MR) is 76.4 cm³/mol. The number of phenolic OH excluding ortho intramolecular Hbond substituents is 1. The summed E-state index contributed by atoms with van der Waals surface area (Å²) in [4.78, 5) is 10.3. The first-order valence-electron chi connectivity index (χ1n) is 6.49. The standard InChI is InChI=1S/C16H24O3/c1-15(2,3)12-7-11(9-19-10-17)8-13(14(12)18)16(4,5)6/h7-8,10,18H,9H2,1-6H3. The monoisotopic (exact) mass is 264 g/mol. The lowest BCUT2D eigenvalue weighted by atomic mass is 9.78. The zero-order chi connectivity index (χ0) is 14.8. The zero-order valence-corrected chi connectivity index (χ0v) is 12.7. The summed E-state index contributed by atoms with van der Waals surface area (Å²) in [6, 6.07) is 3.82. The highest BCUT2D eigenvalue weighted by Crippen LogP contribution is 2.39. The van der Waals surface area contributed by atoms with Crippen molar-refractivity contribution in [1.82, 2.24) is 0 Å². The van der Waals surface area contributed by atoms with E-state index in [1.54, 1.807) is 0 Å². The first-order valence-corrected chi connectivity index (χ1v) is 6.49. The van der Waals surface area contributed by atoms with Gasteiger partial charge in [0.15, 0.2) is 0 Å². The van der Waals surface area contributed by atoms with Gasteiger partial charge in [-0.1, -0.05) is 41.5 Å². The minimum Gasteiger partial charge on any atom is -0.507 e. The fourth-order valence-electron chi connectivity index (χ4n) is 2.05. The van der Waals surface area contributed by atoms with E-state index in [0.717, 1.165) is 16.7 Å². The van der Waals surface area contributed by atoms with Crippen LogP contribution in [-0.2, 0) is 27.0 Å². The van der Waals surface area contributed by atoms with Gasteiger partial charge in [-0.25, -0.2) is 0 Å². The fourth-order valence-corrected chi connectivity index (χ4v) is 2.05. The highest BCUT2D eigenvalue weighted by atomic mass is 16.5. The van der Waals surface area contributed by atoms with Crippen LogP contribution < -0.4 is 0 Å². The molecule has 0 amide bonds. The van der Waals surface area contributed by atoms with Crippen molar-refractivity contribution in [2.24, 2.45) is 0 Å². The van der Waals surface area contributed by atoms with Gasteiger partial charge >= 0.3 is 0 Å². The van der Waals surface area contributed by atoms with Crippen LogP contribution >= 0.6 is 0 Å². The van der Waals surface area contributed by atoms with Crippen molar-refractivity contribution >= 4 is 6.47 Å². The predicted octanol–water partition coefficient (Wildman–Crippen LogP) is 3.66. The second-order valence-electron chi connectivity index (χ2n) is 6.95. The first-order chi connectivity index (χ1) is 8.57. The van der Waals surface area contributed by atoms with E-state index in [1.165, 1.54) is 0 Å². The van der Waals surface area contributed by atoms with Crippen molar-refractivity contribution in [2.45, 2.75) is 59.0 Å². The molecule has 0 aliphatic carbocycles. The van der Waals surface area contributed by atoms with Crippen LogP contribution in [0.1, 0.15) is 58.2 Å². The molecule has 1 aromatic carbocycles. The molecule has 0 saturated heterocycles. The topological polar surface area (TPSA) is 46.5 Å². The Bertz CT molecular complexity index is 427. The third-order valence-corrected chi connectivity index (χ3v) is 3.10. The lowest BCUT2D eigenvalue weighted by Gasteiger charge is -2.28. The maximum Gasteiger partial charge on any atom is 0.293 e. The van der Waals surface area contributed by atoms with Crippen molar-refractivity contribution in [3.8, 4) is 5.75 Å². The molecule has 0 unspecified atom stereocenters. The molecule has 0 atom stereocenters. The third kappa shape index (κ3) is 3.72. The molecule has 106 valence electrons. The molecule has 0 aliphatic heterocycles. The average Bonchev–Trinajstić information content (AvgIpc) is 2.24. The van der Waals surface area contributed by atoms with Crippen LogP contribution in [0, 0.1) is 0 Å². The summed E-state index contributed by atoms with van der Waals surface area (Å²) in [7, 11) is 0. The number of aromatic hydroxyl groups is 1. The van der Waals surface area contributed by atoms with Gasteiger partial charge in [-0.2, -0.15) is 0 Å². The molecule has 0 aliphatic rings. The summed E-state index contributed by atoms with van der Waals surface area (Å²) < 4.78 is 4.83. The molecule has 0 saturated carbocycles. The Morgan fingerprint density at radius 2 is 1.47 bits per heavy atom. The van der Waals surface area contributed by atoms with Crippen LogP contribution in [0.4, 0.5) is 0 Å². The molecule has 1 aromatic rings. The molecule has 0 fully saturated rings. The highest BCUT2D eigenvalue weighted by Gasteiger charge is 2.26. The molecule has 3 heteroatoms. The average molecular weight is 264 g/mol. The molecule has 0 radical (unpaired) electrons. The van der Waals surface area contributed by atoms with E-state index >= 15 is 0 Å².